The number of nitrogens with two attached hydrogens (primary N) is 1. The van der Waals surface area contributed by atoms with Crippen LogP contribution in [0.2, 0.25) is 0 Å². The van der Waals surface area contributed by atoms with Crippen LogP contribution < -0.4 is 21.1 Å². The number of nitrogens with one attached hydrogen (secondary N) is 2. The zero-order valence-electron chi connectivity index (χ0n) is 14.7. The molecule has 132 valence electrons. The summed E-state index contributed by atoms with van der Waals surface area (Å²) in [5.74, 6) is 0.188. The Morgan fingerprint density at radius 1 is 0.960 bits per heavy atom. The highest BCUT2D eigenvalue weighted by Gasteiger charge is 2.09. The Labute approximate surface area is 147 Å². The number of carbonyl (C=O) groups excluding carboxylic acids is 2. The zero-order chi connectivity index (χ0) is 18.4. The predicted octanol–water partition coefficient (Wildman–Crippen LogP) is 2.53. The maximum atomic E-state index is 12.1. The molecule has 0 bridgehead atoms. The summed E-state index contributed by atoms with van der Waals surface area (Å²) in [7, 11) is 0. The molecule has 0 aliphatic carbocycles. The predicted molar refractivity (Wildman–Crippen MR) is 98.9 cm³/mol. The van der Waals surface area contributed by atoms with Gasteiger partial charge in [0.1, 0.15) is 5.75 Å². The number of anilines is 2. The Bertz CT molecular complexity index is 787. The molecule has 2 aromatic rings. The Balaban J connectivity index is 1.96. The van der Waals surface area contributed by atoms with Crippen LogP contribution in [-0.2, 0) is 9.59 Å². The average molecular weight is 341 g/mol. The fourth-order valence-corrected chi connectivity index (χ4v) is 2.29. The minimum absolute atomic E-state index is 0.0740. The van der Waals surface area contributed by atoms with E-state index in [2.05, 4.69) is 10.6 Å². The second-order valence-electron chi connectivity index (χ2n) is 5.89. The van der Waals surface area contributed by atoms with Gasteiger partial charge in [-0.05, 0) is 61.7 Å². The molecule has 25 heavy (non-hydrogen) atoms. The van der Waals surface area contributed by atoms with Crippen LogP contribution in [0.1, 0.15) is 16.7 Å². The molecule has 2 rings (SSSR count). The Morgan fingerprint density at radius 2 is 1.72 bits per heavy atom. The minimum atomic E-state index is -0.266. The van der Waals surface area contributed by atoms with Crippen LogP contribution in [0.4, 0.5) is 11.4 Å². The zero-order valence-corrected chi connectivity index (χ0v) is 14.7. The molecule has 0 radical (unpaired) electrons. The molecule has 0 aliphatic rings. The van der Waals surface area contributed by atoms with E-state index in [1.165, 1.54) is 0 Å². The van der Waals surface area contributed by atoms with Crippen molar-refractivity contribution < 1.29 is 14.3 Å². The van der Waals surface area contributed by atoms with Crippen LogP contribution in [0, 0.1) is 20.8 Å². The van der Waals surface area contributed by atoms with Gasteiger partial charge in [-0.25, -0.2) is 0 Å². The first-order valence-corrected chi connectivity index (χ1v) is 7.99. The fourth-order valence-electron chi connectivity index (χ4n) is 2.29. The van der Waals surface area contributed by atoms with Crippen molar-refractivity contribution in [1.29, 1.82) is 0 Å². The first-order valence-electron chi connectivity index (χ1n) is 7.99. The smallest absolute Gasteiger partial charge is 0.262 e. The van der Waals surface area contributed by atoms with Gasteiger partial charge in [-0.1, -0.05) is 12.1 Å². The van der Waals surface area contributed by atoms with Crippen LogP contribution in [0.15, 0.2) is 36.4 Å². The van der Waals surface area contributed by atoms with Gasteiger partial charge in [-0.3, -0.25) is 9.59 Å². The summed E-state index contributed by atoms with van der Waals surface area (Å²) in [6.07, 6.45) is 0. The Kier molecular flexibility index (Phi) is 6.14. The normalized spacial score (nSPS) is 10.2. The fraction of sp³-hybridized carbons (Fsp3) is 0.263. The number of benzene rings is 2. The minimum Gasteiger partial charge on any atom is -0.483 e. The molecular formula is C19H23N3O3. The standard InChI is InChI=1S/C19H23N3O3/c1-12-4-5-13(2)17(8-12)25-11-19(24)22-16-7-6-15(9-14(16)3)21-18(23)10-20/h4-9H,10-11,20H2,1-3H3,(H,21,23)(H,22,24). The number of hydrogen-bond donors (Lipinski definition) is 3. The van der Waals surface area contributed by atoms with Crippen molar-refractivity contribution >= 4 is 23.2 Å². The van der Waals surface area contributed by atoms with Crippen LogP contribution in [0.5, 0.6) is 5.75 Å². The third-order valence-corrected chi connectivity index (χ3v) is 3.67. The second-order valence-corrected chi connectivity index (χ2v) is 5.89. The monoisotopic (exact) mass is 341 g/mol. The highest BCUT2D eigenvalue weighted by molar-refractivity contribution is 5.94. The summed E-state index contributed by atoms with van der Waals surface area (Å²) in [6.45, 7) is 5.60. The number of amides is 2. The van der Waals surface area contributed by atoms with Gasteiger partial charge >= 0.3 is 0 Å². The highest BCUT2D eigenvalue weighted by atomic mass is 16.5. The lowest BCUT2D eigenvalue weighted by Gasteiger charge is -2.12. The lowest BCUT2D eigenvalue weighted by Crippen LogP contribution is -2.22. The van der Waals surface area contributed by atoms with Crippen LogP contribution >= 0.6 is 0 Å². The van der Waals surface area contributed by atoms with Gasteiger partial charge in [0.2, 0.25) is 5.91 Å². The van der Waals surface area contributed by atoms with Gasteiger partial charge in [0.25, 0.3) is 5.91 Å². The molecule has 0 aliphatic heterocycles. The number of aryl methyl sites for hydroxylation is 3. The molecule has 0 unspecified atom stereocenters. The summed E-state index contributed by atoms with van der Waals surface area (Å²) < 4.78 is 5.60. The molecule has 4 N–H and O–H groups in total. The Hall–Kier alpha value is -2.86. The maximum absolute atomic E-state index is 12.1. The van der Waals surface area contributed by atoms with E-state index in [-0.39, 0.29) is 25.0 Å². The van der Waals surface area contributed by atoms with Gasteiger partial charge in [0, 0.05) is 11.4 Å². The number of carbonyl (C=O) groups is 2. The van der Waals surface area contributed by atoms with Crippen LogP contribution in [0.25, 0.3) is 0 Å². The van der Waals surface area contributed by atoms with E-state index in [1.807, 2.05) is 39.0 Å². The van der Waals surface area contributed by atoms with Crippen molar-refractivity contribution in [3.63, 3.8) is 0 Å². The lowest BCUT2D eigenvalue weighted by molar-refractivity contribution is -0.118. The molecule has 6 heteroatoms. The van der Waals surface area contributed by atoms with E-state index in [4.69, 9.17) is 10.5 Å². The quantitative estimate of drug-likeness (QED) is 0.752. The lowest BCUT2D eigenvalue weighted by atomic mass is 10.1. The van der Waals surface area contributed by atoms with Gasteiger partial charge in [0.05, 0.1) is 6.54 Å². The molecule has 6 nitrogen and oxygen atoms in total. The topological polar surface area (TPSA) is 93.5 Å². The molecule has 2 amide bonds. The summed E-state index contributed by atoms with van der Waals surface area (Å²) in [4.78, 5) is 23.4. The second kappa shape index (κ2) is 8.30. The molecule has 0 saturated heterocycles. The first-order chi connectivity index (χ1) is 11.9. The van der Waals surface area contributed by atoms with Crippen molar-refractivity contribution in [1.82, 2.24) is 0 Å². The van der Waals surface area contributed by atoms with Gasteiger partial charge in [-0.15, -0.1) is 0 Å². The maximum Gasteiger partial charge on any atom is 0.262 e. The van der Waals surface area contributed by atoms with Crippen molar-refractivity contribution in [3.05, 3.63) is 53.1 Å². The first kappa shape index (κ1) is 18.5. The van der Waals surface area contributed by atoms with Gasteiger partial charge in [-0.2, -0.15) is 0 Å². The number of rotatable bonds is 6. The third kappa shape index (κ3) is 5.32. The van der Waals surface area contributed by atoms with Crippen molar-refractivity contribution in [2.45, 2.75) is 20.8 Å². The van der Waals surface area contributed by atoms with E-state index in [1.54, 1.807) is 18.2 Å². The van der Waals surface area contributed by atoms with Crippen LogP contribution in [-0.4, -0.2) is 25.0 Å². The van der Waals surface area contributed by atoms with Crippen molar-refractivity contribution in [2.24, 2.45) is 5.73 Å². The molecule has 0 heterocycles. The molecule has 0 atom stereocenters. The number of hydrogen-bond acceptors (Lipinski definition) is 4. The Morgan fingerprint density at radius 3 is 2.40 bits per heavy atom. The third-order valence-electron chi connectivity index (χ3n) is 3.67. The van der Waals surface area contributed by atoms with Gasteiger partial charge < -0.3 is 21.1 Å². The molecular weight excluding hydrogens is 318 g/mol. The number of ether oxygens (including phenoxy) is 1. The van der Waals surface area contributed by atoms with E-state index in [9.17, 15) is 9.59 Å². The van der Waals surface area contributed by atoms with Gasteiger partial charge in [0.15, 0.2) is 6.61 Å². The van der Waals surface area contributed by atoms with E-state index in [0.29, 0.717) is 17.1 Å². The summed E-state index contributed by atoms with van der Waals surface area (Å²) >= 11 is 0. The largest absolute Gasteiger partial charge is 0.483 e. The molecule has 0 aromatic heterocycles. The summed E-state index contributed by atoms with van der Waals surface area (Å²) in [5, 5.41) is 5.48. The molecule has 0 spiro atoms. The average Bonchev–Trinajstić information content (AvgIpc) is 2.58. The van der Waals surface area contributed by atoms with E-state index in [0.717, 1.165) is 16.7 Å². The molecule has 0 saturated carbocycles. The molecule has 0 fully saturated rings. The van der Waals surface area contributed by atoms with Crippen LogP contribution in [0.3, 0.4) is 0 Å². The highest BCUT2D eigenvalue weighted by Crippen LogP contribution is 2.21. The molecule has 2 aromatic carbocycles. The van der Waals surface area contributed by atoms with Crippen molar-refractivity contribution in [3.8, 4) is 5.75 Å². The van der Waals surface area contributed by atoms with E-state index < -0.39 is 0 Å². The SMILES string of the molecule is Cc1ccc(C)c(OCC(=O)Nc2ccc(NC(=O)CN)cc2C)c1. The van der Waals surface area contributed by atoms with Crippen molar-refractivity contribution in [2.75, 3.05) is 23.8 Å². The van der Waals surface area contributed by atoms with E-state index >= 15 is 0 Å². The summed E-state index contributed by atoms with van der Waals surface area (Å²) in [5.41, 5.74) is 9.46. The summed E-state index contributed by atoms with van der Waals surface area (Å²) in [6, 6.07) is 11.1.